The van der Waals surface area contributed by atoms with E-state index in [1.807, 2.05) is 26.0 Å². The van der Waals surface area contributed by atoms with Gasteiger partial charge in [-0.2, -0.15) is 0 Å². The normalized spacial score (nSPS) is 11.3. The third-order valence-electron chi connectivity index (χ3n) is 4.10. The molecule has 25 heavy (non-hydrogen) atoms. The van der Waals surface area contributed by atoms with Gasteiger partial charge in [-0.05, 0) is 39.0 Å². The Morgan fingerprint density at radius 1 is 1.32 bits per heavy atom. The summed E-state index contributed by atoms with van der Waals surface area (Å²) in [6.45, 7) is 5.85. The summed E-state index contributed by atoms with van der Waals surface area (Å²) in [5, 5.41) is 4.84. The number of hydrogen-bond donors (Lipinski definition) is 1. The number of pyridine rings is 2. The lowest BCUT2D eigenvalue weighted by Crippen LogP contribution is -2.06. The third-order valence-corrected chi connectivity index (χ3v) is 4.10. The van der Waals surface area contributed by atoms with Gasteiger partial charge in [0.2, 0.25) is 0 Å². The smallest absolute Gasteiger partial charge is 0.356 e. The van der Waals surface area contributed by atoms with Gasteiger partial charge in [-0.25, -0.2) is 9.78 Å². The first-order chi connectivity index (χ1) is 12.1. The van der Waals surface area contributed by atoms with Gasteiger partial charge in [0, 0.05) is 22.7 Å². The summed E-state index contributed by atoms with van der Waals surface area (Å²) in [5.74, 6) is 0.310. The molecule has 4 aromatic heterocycles. The second kappa shape index (κ2) is 5.70. The van der Waals surface area contributed by atoms with E-state index in [2.05, 4.69) is 20.1 Å². The summed E-state index contributed by atoms with van der Waals surface area (Å²) >= 11 is 0. The minimum Gasteiger partial charge on any atom is -0.461 e. The third kappa shape index (κ3) is 2.44. The SMILES string of the molecule is CCOC(=O)c1ccc2c(n1)[nH]c1cc(-c3c(C)noc3C)cnc12. The number of aromatic amines is 1. The van der Waals surface area contributed by atoms with Crippen LogP contribution in [0.25, 0.3) is 33.2 Å². The Morgan fingerprint density at radius 3 is 2.88 bits per heavy atom. The van der Waals surface area contributed by atoms with Gasteiger partial charge in [0.05, 0.1) is 23.3 Å². The number of hydrogen-bond acceptors (Lipinski definition) is 6. The number of nitrogens with zero attached hydrogens (tertiary/aromatic N) is 3. The highest BCUT2D eigenvalue weighted by molar-refractivity contribution is 6.05. The van der Waals surface area contributed by atoms with Crippen molar-refractivity contribution in [2.75, 3.05) is 6.61 Å². The zero-order chi connectivity index (χ0) is 17.6. The minimum atomic E-state index is -0.438. The molecule has 4 heterocycles. The van der Waals surface area contributed by atoms with Crippen molar-refractivity contribution in [3.8, 4) is 11.1 Å². The molecule has 0 saturated carbocycles. The Hall–Kier alpha value is -3.22. The molecule has 126 valence electrons. The number of rotatable bonds is 3. The first kappa shape index (κ1) is 15.3. The molecule has 4 rings (SSSR count). The summed E-state index contributed by atoms with van der Waals surface area (Å²) in [6.07, 6.45) is 1.79. The molecule has 0 atom stereocenters. The molecule has 0 unspecified atom stereocenters. The van der Waals surface area contributed by atoms with E-state index in [0.717, 1.165) is 39.0 Å². The Labute approximate surface area is 143 Å². The zero-order valence-corrected chi connectivity index (χ0v) is 14.1. The van der Waals surface area contributed by atoms with Crippen LogP contribution in [0.4, 0.5) is 0 Å². The van der Waals surface area contributed by atoms with Crippen LogP contribution in [0, 0.1) is 13.8 Å². The van der Waals surface area contributed by atoms with Crippen LogP contribution in [0.2, 0.25) is 0 Å². The zero-order valence-electron chi connectivity index (χ0n) is 14.1. The Morgan fingerprint density at radius 2 is 2.16 bits per heavy atom. The van der Waals surface area contributed by atoms with E-state index >= 15 is 0 Å². The average molecular weight is 336 g/mol. The van der Waals surface area contributed by atoms with E-state index in [4.69, 9.17) is 9.26 Å². The number of carbonyl (C=O) groups excluding carboxylic acids is 1. The van der Waals surface area contributed by atoms with E-state index in [-0.39, 0.29) is 5.69 Å². The van der Waals surface area contributed by atoms with Crippen LogP contribution in [0.15, 0.2) is 28.9 Å². The standard InChI is InChI=1S/C18H16N4O3/c1-4-24-18(23)13-6-5-12-16-14(21-17(12)20-13)7-11(8-19-16)15-9(2)22-25-10(15)3/h5-8H,4H2,1-3H3,(H,20,21). The predicted molar refractivity (Wildman–Crippen MR) is 92.3 cm³/mol. The van der Waals surface area contributed by atoms with E-state index < -0.39 is 5.97 Å². The molecule has 7 heteroatoms. The van der Waals surface area contributed by atoms with E-state index in [1.165, 1.54) is 0 Å². The van der Waals surface area contributed by atoms with Crippen LogP contribution in [-0.2, 0) is 4.74 Å². The summed E-state index contributed by atoms with van der Waals surface area (Å²) < 4.78 is 10.2. The molecule has 0 saturated heterocycles. The van der Waals surface area contributed by atoms with Crippen molar-refractivity contribution >= 4 is 28.0 Å². The number of aryl methyl sites for hydroxylation is 2. The molecule has 4 aromatic rings. The van der Waals surface area contributed by atoms with Crippen LogP contribution in [0.3, 0.4) is 0 Å². The number of ether oxygens (including phenoxy) is 1. The molecule has 0 bridgehead atoms. The average Bonchev–Trinajstić information content (AvgIpc) is 3.13. The Kier molecular flexibility index (Phi) is 3.49. The van der Waals surface area contributed by atoms with Crippen molar-refractivity contribution in [3.05, 3.63) is 41.5 Å². The van der Waals surface area contributed by atoms with Crippen LogP contribution < -0.4 is 0 Å². The topological polar surface area (TPSA) is 93.9 Å². The monoisotopic (exact) mass is 336 g/mol. The molecule has 0 radical (unpaired) electrons. The first-order valence-corrected chi connectivity index (χ1v) is 7.97. The number of nitrogens with one attached hydrogen (secondary N) is 1. The minimum absolute atomic E-state index is 0.270. The highest BCUT2D eigenvalue weighted by atomic mass is 16.5. The second-order valence-corrected chi connectivity index (χ2v) is 5.76. The summed E-state index contributed by atoms with van der Waals surface area (Å²) in [4.78, 5) is 24.0. The van der Waals surface area contributed by atoms with Crippen LogP contribution in [0.5, 0.6) is 0 Å². The van der Waals surface area contributed by atoms with Gasteiger partial charge in [-0.1, -0.05) is 5.16 Å². The lowest BCUT2D eigenvalue weighted by atomic mass is 10.1. The molecule has 0 spiro atoms. The quantitative estimate of drug-likeness (QED) is 0.575. The lowest BCUT2D eigenvalue weighted by Gasteiger charge is -2.00. The van der Waals surface area contributed by atoms with Crippen molar-refractivity contribution in [3.63, 3.8) is 0 Å². The van der Waals surface area contributed by atoms with Gasteiger partial charge in [0.1, 0.15) is 11.4 Å². The molecule has 0 amide bonds. The Balaban J connectivity index is 1.86. The van der Waals surface area contributed by atoms with E-state index in [0.29, 0.717) is 12.3 Å². The van der Waals surface area contributed by atoms with Gasteiger partial charge < -0.3 is 14.2 Å². The summed E-state index contributed by atoms with van der Waals surface area (Å²) in [5.41, 5.74) is 5.18. The number of fused-ring (bicyclic) bond motifs is 3. The van der Waals surface area contributed by atoms with Crippen molar-refractivity contribution in [1.82, 2.24) is 20.1 Å². The fourth-order valence-electron chi connectivity index (χ4n) is 3.00. The lowest BCUT2D eigenvalue weighted by molar-refractivity contribution is 0.0520. The number of aromatic nitrogens is 4. The fraction of sp³-hybridized carbons (Fsp3) is 0.222. The molecule has 0 aliphatic rings. The molecule has 0 aliphatic heterocycles. The van der Waals surface area contributed by atoms with Crippen molar-refractivity contribution in [2.24, 2.45) is 0 Å². The summed E-state index contributed by atoms with van der Waals surface area (Å²) in [7, 11) is 0. The molecule has 0 fully saturated rings. The highest BCUT2D eigenvalue weighted by Crippen LogP contribution is 2.30. The first-order valence-electron chi connectivity index (χ1n) is 7.97. The van der Waals surface area contributed by atoms with E-state index in [1.54, 1.807) is 19.2 Å². The highest BCUT2D eigenvalue weighted by Gasteiger charge is 2.16. The number of carbonyl (C=O) groups is 1. The molecule has 0 aromatic carbocycles. The van der Waals surface area contributed by atoms with Gasteiger partial charge in [-0.3, -0.25) is 4.98 Å². The van der Waals surface area contributed by atoms with E-state index in [9.17, 15) is 4.79 Å². The van der Waals surface area contributed by atoms with Gasteiger partial charge >= 0.3 is 5.97 Å². The van der Waals surface area contributed by atoms with Crippen LogP contribution in [-0.4, -0.2) is 32.7 Å². The van der Waals surface area contributed by atoms with Gasteiger partial charge in [0.15, 0.2) is 5.69 Å². The van der Waals surface area contributed by atoms with Crippen molar-refractivity contribution < 1.29 is 14.1 Å². The summed E-state index contributed by atoms with van der Waals surface area (Å²) in [6, 6.07) is 5.47. The maximum absolute atomic E-state index is 11.9. The molecular formula is C18H16N4O3. The van der Waals surface area contributed by atoms with Crippen LogP contribution in [0.1, 0.15) is 28.9 Å². The number of esters is 1. The second-order valence-electron chi connectivity index (χ2n) is 5.76. The predicted octanol–water partition coefficient (Wildman–Crippen LogP) is 3.56. The van der Waals surface area contributed by atoms with Crippen LogP contribution >= 0.6 is 0 Å². The maximum atomic E-state index is 11.9. The molecule has 1 N–H and O–H groups in total. The molecular weight excluding hydrogens is 320 g/mol. The van der Waals surface area contributed by atoms with Gasteiger partial charge in [0.25, 0.3) is 0 Å². The number of H-pyrrole nitrogens is 1. The van der Waals surface area contributed by atoms with Crippen molar-refractivity contribution in [1.29, 1.82) is 0 Å². The maximum Gasteiger partial charge on any atom is 0.356 e. The van der Waals surface area contributed by atoms with Crippen molar-refractivity contribution in [2.45, 2.75) is 20.8 Å². The van der Waals surface area contributed by atoms with Gasteiger partial charge in [-0.15, -0.1) is 0 Å². The Bertz CT molecular complexity index is 1090. The fourth-order valence-corrected chi connectivity index (χ4v) is 3.00. The molecule has 0 aliphatic carbocycles. The molecule has 7 nitrogen and oxygen atoms in total. The largest absolute Gasteiger partial charge is 0.461 e.